The molecular weight excluding hydrogens is 236 g/mol. The highest BCUT2D eigenvalue weighted by molar-refractivity contribution is 6.29. The summed E-state index contributed by atoms with van der Waals surface area (Å²) in [7, 11) is 4.25. The number of likely N-dealkylation sites (tertiary alicyclic amines) is 1. The molecule has 17 heavy (non-hydrogen) atoms. The van der Waals surface area contributed by atoms with Gasteiger partial charge >= 0.3 is 0 Å². The largest absolute Gasteiger partial charge is 0.308 e. The zero-order valence-electron chi connectivity index (χ0n) is 10.4. The molecule has 0 amide bonds. The van der Waals surface area contributed by atoms with Crippen LogP contribution in [-0.2, 0) is 6.54 Å². The number of nitrogens with zero attached hydrogens (tertiary/aromatic N) is 4. The minimum atomic E-state index is 0.458. The molecule has 1 unspecified atom stereocenters. The third kappa shape index (κ3) is 3.63. The van der Waals surface area contributed by atoms with Gasteiger partial charge in [0.25, 0.3) is 0 Å². The molecule has 1 aromatic rings. The standard InChI is InChI=1S/C12H19ClN4/c1-16(2)9-11-4-3-7-17(11)8-10-5-6-12(13)15-14-10/h5-6,11H,3-4,7-9H2,1-2H3. The van der Waals surface area contributed by atoms with Gasteiger partial charge in [0.15, 0.2) is 5.15 Å². The van der Waals surface area contributed by atoms with E-state index in [1.54, 1.807) is 6.07 Å². The Balaban J connectivity index is 1.95. The Labute approximate surface area is 108 Å². The van der Waals surface area contributed by atoms with Crippen LogP contribution < -0.4 is 0 Å². The predicted molar refractivity (Wildman–Crippen MR) is 69.0 cm³/mol. The lowest BCUT2D eigenvalue weighted by Gasteiger charge is -2.26. The Morgan fingerprint density at radius 3 is 2.88 bits per heavy atom. The molecule has 5 heteroatoms. The van der Waals surface area contributed by atoms with E-state index in [4.69, 9.17) is 11.6 Å². The van der Waals surface area contributed by atoms with Crippen molar-refractivity contribution in [1.82, 2.24) is 20.0 Å². The zero-order valence-corrected chi connectivity index (χ0v) is 11.2. The fraction of sp³-hybridized carbons (Fsp3) is 0.667. The maximum absolute atomic E-state index is 5.73. The van der Waals surface area contributed by atoms with Gasteiger partial charge in [-0.15, -0.1) is 5.10 Å². The Morgan fingerprint density at radius 2 is 2.24 bits per heavy atom. The molecule has 2 heterocycles. The van der Waals surface area contributed by atoms with Crippen LogP contribution in [0.3, 0.4) is 0 Å². The van der Waals surface area contributed by atoms with Gasteiger partial charge in [0.05, 0.1) is 5.69 Å². The molecule has 1 fully saturated rings. The number of aromatic nitrogens is 2. The van der Waals surface area contributed by atoms with E-state index in [2.05, 4.69) is 34.1 Å². The van der Waals surface area contributed by atoms with Gasteiger partial charge in [-0.1, -0.05) is 11.6 Å². The van der Waals surface area contributed by atoms with Gasteiger partial charge < -0.3 is 4.90 Å². The Bertz CT molecular complexity index is 352. The summed E-state index contributed by atoms with van der Waals surface area (Å²) in [6, 6.07) is 4.41. The summed E-state index contributed by atoms with van der Waals surface area (Å²) in [5, 5.41) is 8.46. The molecule has 1 atom stereocenters. The van der Waals surface area contributed by atoms with Crippen LogP contribution in [0.5, 0.6) is 0 Å². The van der Waals surface area contributed by atoms with Crippen molar-refractivity contribution in [2.24, 2.45) is 0 Å². The van der Waals surface area contributed by atoms with Crippen molar-refractivity contribution >= 4 is 11.6 Å². The van der Waals surface area contributed by atoms with Crippen molar-refractivity contribution in [3.05, 3.63) is 23.0 Å². The molecule has 0 spiro atoms. The smallest absolute Gasteiger partial charge is 0.151 e. The first kappa shape index (κ1) is 12.7. The Morgan fingerprint density at radius 1 is 1.41 bits per heavy atom. The summed E-state index contributed by atoms with van der Waals surface area (Å²) in [6.45, 7) is 3.15. The van der Waals surface area contributed by atoms with Gasteiger partial charge in [0.1, 0.15) is 0 Å². The number of likely N-dealkylation sites (N-methyl/N-ethyl adjacent to an activating group) is 1. The van der Waals surface area contributed by atoms with Crippen LogP contribution in [-0.4, -0.2) is 53.2 Å². The van der Waals surface area contributed by atoms with Crippen LogP contribution in [0.2, 0.25) is 5.15 Å². The van der Waals surface area contributed by atoms with E-state index < -0.39 is 0 Å². The minimum Gasteiger partial charge on any atom is -0.308 e. The van der Waals surface area contributed by atoms with E-state index in [9.17, 15) is 0 Å². The summed E-state index contributed by atoms with van der Waals surface area (Å²) in [5.74, 6) is 0. The fourth-order valence-electron chi connectivity index (χ4n) is 2.37. The van der Waals surface area contributed by atoms with Crippen molar-refractivity contribution in [3.63, 3.8) is 0 Å². The van der Waals surface area contributed by atoms with E-state index in [1.807, 2.05) is 6.07 Å². The Hall–Kier alpha value is -0.710. The van der Waals surface area contributed by atoms with Crippen molar-refractivity contribution in [1.29, 1.82) is 0 Å². The Kier molecular flexibility index (Phi) is 4.31. The van der Waals surface area contributed by atoms with Crippen LogP contribution in [0, 0.1) is 0 Å². The SMILES string of the molecule is CN(C)CC1CCCN1Cc1ccc(Cl)nn1. The third-order valence-electron chi connectivity index (χ3n) is 3.13. The first-order chi connectivity index (χ1) is 8.15. The van der Waals surface area contributed by atoms with Gasteiger partial charge in [0.2, 0.25) is 0 Å². The summed E-state index contributed by atoms with van der Waals surface area (Å²) < 4.78 is 0. The third-order valence-corrected chi connectivity index (χ3v) is 3.33. The molecule has 0 N–H and O–H groups in total. The highest BCUT2D eigenvalue weighted by Crippen LogP contribution is 2.19. The molecule has 2 rings (SSSR count). The normalized spacial score (nSPS) is 21.3. The number of hydrogen-bond acceptors (Lipinski definition) is 4. The quantitative estimate of drug-likeness (QED) is 0.818. The van der Waals surface area contributed by atoms with E-state index in [0.29, 0.717) is 11.2 Å². The molecular formula is C12H19ClN4. The molecule has 4 nitrogen and oxygen atoms in total. The van der Waals surface area contributed by atoms with Crippen LogP contribution in [0.1, 0.15) is 18.5 Å². The predicted octanol–water partition coefficient (Wildman–Crippen LogP) is 1.66. The molecule has 0 bridgehead atoms. The molecule has 1 aromatic heterocycles. The van der Waals surface area contributed by atoms with Gasteiger partial charge in [-0.25, -0.2) is 0 Å². The maximum Gasteiger partial charge on any atom is 0.151 e. The second kappa shape index (κ2) is 5.76. The van der Waals surface area contributed by atoms with Gasteiger partial charge in [-0.05, 0) is 45.6 Å². The number of halogens is 1. The molecule has 1 aliphatic rings. The van der Waals surface area contributed by atoms with Crippen molar-refractivity contribution in [3.8, 4) is 0 Å². The molecule has 94 valence electrons. The lowest BCUT2D eigenvalue weighted by atomic mass is 10.2. The van der Waals surface area contributed by atoms with Crippen molar-refractivity contribution < 1.29 is 0 Å². The zero-order chi connectivity index (χ0) is 12.3. The maximum atomic E-state index is 5.73. The average molecular weight is 255 g/mol. The highest BCUT2D eigenvalue weighted by atomic mass is 35.5. The summed E-state index contributed by atoms with van der Waals surface area (Å²) in [6.07, 6.45) is 2.55. The fourth-order valence-corrected chi connectivity index (χ4v) is 2.47. The second-order valence-corrected chi connectivity index (χ2v) is 5.26. The van der Waals surface area contributed by atoms with Gasteiger partial charge in [-0.3, -0.25) is 4.90 Å². The topological polar surface area (TPSA) is 32.3 Å². The summed E-state index contributed by atoms with van der Waals surface area (Å²) >= 11 is 5.73. The van der Waals surface area contributed by atoms with E-state index in [1.165, 1.54) is 12.8 Å². The van der Waals surface area contributed by atoms with E-state index >= 15 is 0 Å². The lowest BCUT2D eigenvalue weighted by molar-refractivity contribution is 0.198. The molecule has 0 aliphatic carbocycles. The first-order valence-corrected chi connectivity index (χ1v) is 6.40. The van der Waals surface area contributed by atoms with Crippen molar-refractivity contribution in [2.75, 3.05) is 27.2 Å². The average Bonchev–Trinajstić information content (AvgIpc) is 2.68. The van der Waals surface area contributed by atoms with E-state index in [0.717, 1.165) is 25.3 Å². The van der Waals surface area contributed by atoms with Crippen LogP contribution in [0.15, 0.2) is 12.1 Å². The van der Waals surface area contributed by atoms with Crippen LogP contribution in [0.25, 0.3) is 0 Å². The molecule has 1 saturated heterocycles. The van der Waals surface area contributed by atoms with Crippen molar-refractivity contribution in [2.45, 2.75) is 25.4 Å². The molecule has 1 aliphatic heterocycles. The van der Waals surface area contributed by atoms with Crippen LogP contribution in [0.4, 0.5) is 0 Å². The highest BCUT2D eigenvalue weighted by Gasteiger charge is 2.25. The second-order valence-electron chi connectivity index (χ2n) is 4.88. The summed E-state index contributed by atoms with van der Waals surface area (Å²) in [4.78, 5) is 4.73. The number of rotatable bonds is 4. The number of hydrogen-bond donors (Lipinski definition) is 0. The molecule has 0 saturated carbocycles. The molecule has 0 radical (unpaired) electrons. The first-order valence-electron chi connectivity index (χ1n) is 6.02. The monoisotopic (exact) mass is 254 g/mol. The lowest BCUT2D eigenvalue weighted by Crippen LogP contribution is -2.37. The minimum absolute atomic E-state index is 0.458. The van der Waals surface area contributed by atoms with Gasteiger partial charge in [-0.2, -0.15) is 5.10 Å². The van der Waals surface area contributed by atoms with Crippen LogP contribution >= 0.6 is 11.6 Å². The summed E-state index contributed by atoms with van der Waals surface area (Å²) in [5.41, 5.74) is 1.00. The van der Waals surface area contributed by atoms with Gasteiger partial charge in [0, 0.05) is 19.1 Å². The molecule has 0 aromatic carbocycles. The van der Waals surface area contributed by atoms with E-state index in [-0.39, 0.29) is 0 Å².